The van der Waals surface area contributed by atoms with Crippen LogP contribution >= 0.6 is 12.4 Å². The Morgan fingerprint density at radius 2 is 2.00 bits per heavy atom. The molecule has 0 bridgehead atoms. The van der Waals surface area contributed by atoms with Gasteiger partial charge in [0.15, 0.2) is 0 Å². The third-order valence-corrected chi connectivity index (χ3v) is 2.11. The lowest BCUT2D eigenvalue weighted by atomic mass is 10.1. The van der Waals surface area contributed by atoms with E-state index in [1.54, 1.807) is 12.1 Å². The van der Waals surface area contributed by atoms with Gasteiger partial charge in [0.1, 0.15) is 0 Å². The molecular formula is C11H16ClNO3. The highest BCUT2D eigenvalue weighted by Gasteiger charge is 2.06. The van der Waals surface area contributed by atoms with Gasteiger partial charge in [0.2, 0.25) is 0 Å². The highest BCUT2D eigenvalue weighted by atomic mass is 35.5. The second-order valence-corrected chi connectivity index (χ2v) is 3.34. The number of carbonyl (C=O) groups excluding carboxylic acids is 1. The van der Waals surface area contributed by atoms with Gasteiger partial charge in [-0.1, -0.05) is 12.1 Å². The summed E-state index contributed by atoms with van der Waals surface area (Å²) in [6.07, 6.45) is 0.595. The van der Waals surface area contributed by atoms with Crippen LogP contribution in [0.1, 0.15) is 15.9 Å². The molecule has 1 rings (SSSR count). The zero-order valence-corrected chi connectivity index (χ0v) is 9.87. The summed E-state index contributed by atoms with van der Waals surface area (Å²) in [7, 11) is 1.35. The predicted molar refractivity (Wildman–Crippen MR) is 63.8 cm³/mol. The minimum atomic E-state index is -0.354. The summed E-state index contributed by atoms with van der Waals surface area (Å²) < 4.78 is 4.57. The minimum Gasteiger partial charge on any atom is -0.465 e. The first kappa shape index (κ1) is 14.9. The van der Waals surface area contributed by atoms with E-state index in [0.29, 0.717) is 12.0 Å². The highest BCUT2D eigenvalue weighted by molar-refractivity contribution is 5.89. The van der Waals surface area contributed by atoms with E-state index in [2.05, 4.69) is 4.74 Å². The molecule has 0 saturated carbocycles. The van der Waals surface area contributed by atoms with Crippen molar-refractivity contribution in [2.75, 3.05) is 13.7 Å². The summed E-state index contributed by atoms with van der Waals surface area (Å²) in [5.74, 6) is -0.354. The number of halogens is 1. The van der Waals surface area contributed by atoms with Crippen LogP contribution in [-0.2, 0) is 11.2 Å². The van der Waals surface area contributed by atoms with Crippen molar-refractivity contribution in [2.24, 2.45) is 5.73 Å². The Labute approximate surface area is 101 Å². The molecule has 90 valence electrons. The van der Waals surface area contributed by atoms with Gasteiger partial charge in [-0.25, -0.2) is 4.79 Å². The van der Waals surface area contributed by atoms with Crippen LogP contribution in [0.15, 0.2) is 24.3 Å². The van der Waals surface area contributed by atoms with Gasteiger partial charge in [-0.3, -0.25) is 0 Å². The van der Waals surface area contributed by atoms with Crippen LogP contribution in [0.25, 0.3) is 0 Å². The van der Waals surface area contributed by atoms with Crippen molar-refractivity contribution in [3.63, 3.8) is 0 Å². The first-order valence-electron chi connectivity index (χ1n) is 4.71. The van der Waals surface area contributed by atoms with Gasteiger partial charge < -0.3 is 15.6 Å². The molecule has 0 aliphatic heterocycles. The molecule has 0 aromatic heterocycles. The van der Waals surface area contributed by atoms with E-state index in [4.69, 9.17) is 10.8 Å². The lowest BCUT2D eigenvalue weighted by Gasteiger charge is -2.08. The first-order chi connectivity index (χ1) is 7.17. The molecule has 0 aliphatic rings. The monoisotopic (exact) mass is 245 g/mol. The molecule has 5 heteroatoms. The molecule has 0 aliphatic carbocycles. The summed E-state index contributed by atoms with van der Waals surface area (Å²) in [5, 5.41) is 8.78. The predicted octanol–water partition coefficient (Wildman–Crippen LogP) is 0.757. The van der Waals surface area contributed by atoms with Crippen LogP contribution in [-0.4, -0.2) is 30.8 Å². The number of rotatable bonds is 4. The zero-order valence-electron chi connectivity index (χ0n) is 9.05. The maximum atomic E-state index is 11.1. The Kier molecular flexibility index (Phi) is 6.72. The molecule has 0 radical (unpaired) electrons. The number of methoxy groups -OCH3 is 1. The highest BCUT2D eigenvalue weighted by Crippen LogP contribution is 2.07. The number of benzene rings is 1. The van der Waals surface area contributed by atoms with Crippen LogP contribution in [0.3, 0.4) is 0 Å². The lowest BCUT2D eigenvalue weighted by Crippen LogP contribution is -2.26. The molecule has 1 atom stereocenters. The Morgan fingerprint density at radius 3 is 2.44 bits per heavy atom. The van der Waals surface area contributed by atoms with Gasteiger partial charge in [-0.05, 0) is 24.1 Å². The number of hydrogen-bond acceptors (Lipinski definition) is 4. The van der Waals surface area contributed by atoms with Crippen molar-refractivity contribution < 1.29 is 14.6 Å². The maximum absolute atomic E-state index is 11.1. The third kappa shape index (κ3) is 4.18. The number of hydrogen-bond donors (Lipinski definition) is 2. The Morgan fingerprint density at radius 1 is 1.44 bits per heavy atom. The van der Waals surface area contributed by atoms with Gasteiger partial charge >= 0.3 is 5.97 Å². The fraction of sp³-hybridized carbons (Fsp3) is 0.364. The molecule has 0 heterocycles. The number of nitrogens with two attached hydrogens (primary N) is 1. The van der Waals surface area contributed by atoms with E-state index >= 15 is 0 Å². The number of esters is 1. The summed E-state index contributed by atoms with van der Waals surface area (Å²) in [4.78, 5) is 11.1. The number of ether oxygens (including phenoxy) is 1. The maximum Gasteiger partial charge on any atom is 0.337 e. The van der Waals surface area contributed by atoms with Gasteiger partial charge in [0.25, 0.3) is 0 Å². The van der Waals surface area contributed by atoms with Crippen LogP contribution < -0.4 is 5.73 Å². The molecule has 0 fully saturated rings. The molecule has 0 amide bonds. The Bertz CT molecular complexity index is 327. The molecule has 0 spiro atoms. The summed E-state index contributed by atoms with van der Waals surface area (Å²) in [5.41, 5.74) is 7.09. The van der Waals surface area contributed by atoms with Gasteiger partial charge in [-0.15, -0.1) is 12.4 Å². The average molecular weight is 246 g/mol. The molecule has 1 aromatic rings. The minimum absolute atomic E-state index is 0. The topological polar surface area (TPSA) is 72.5 Å². The van der Waals surface area contributed by atoms with Crippen LogP contribution in [0.5, 0.6) is 0 Å². The van der Waals surface area contributed by atoms with Crippen LogP contribution in [0.2, 0.25) is 0 Å². The van der Waals surface area contributed by atoms with E-state index in [9.17, 15) is 4.79 Å². The largest absolute Gasteiger partial charge is 0.465 e. The second kappa shape index (κ2) is 7.22. The van der Waals surface area contributed by atoms with E-state index in [-0.39, 0.29) is 31.0 Å². The van der Waals surface area contributed by atoms with Gasteiger partial charge in [0.05, 0.1) is 19.3 Å². The average Bonchev–Trinajstić information content (AvgIpc) is 2.29. The quantitative estimate of drug-likeness (QED) is 0.768. The third-order valence-electron chi connectivity index (χ3n) is 2.11. The Hall–Kier alpha value is -1.10. The first-order valence-corrected chi connectivity index (χ1v) is 4.71. The SMILES string of the molecule is COC(=O)c1ccc(CC(N)CO)cc1.Cl. The Balaban J connectivity index is 0.00000225. The zero-order chi connectivity index (χ0) is 11.3. The summed E-state index contributed by atoms with van der Waals surface area (Å²) in [6.45, 7) is -0.0429. The lowest BCUT2D eigenvalue weighted by molar-refractivity contribution is 0.0600. The van der Waals surface area contributed by atoms with Crippen molar-refractivity contribution in [3.05, 3.63) is 35.4 Å². The van der Waals surface area contributed by atoms with Crippen LogP contribution in [0, 0.1) is 0 Å². The number of aliphatic hydroxyl groups is 1. The number of aliphatic hydroxyl groups excluding tert-OH is 1. The van der Waals surface area contributed by atoms with Crippen molar-refractivity contribution in [1.82, 2.24) is 0 Å². The summed E-state index contributed by atoms with van der Waals surface area (Å²) in [6, 6.07) is 6.73. The number of carbonyl (C=O) groups is 1. The van der Waals surface area contributed by atoms with E-state index < -0.39 is 0 Å². The standard InChI is InChI=1S/C11H15NO3.ClH/c1-15-11(14)9-4-2-8(3-5-9)6-10(12)7-13;/h2-5,10,13H,6-7,12H2,1H3;1H. The molecule has 4 nitrogen and oxygen atoms in total. The van der Waals surface area contributed by atoms with Crippen molar-refractivity contribution in [2.45, 2.75) is 12.5 Å². The van der Waals surface area contributed by atoms with Crippen LogP contribution in [0.4, 0.5) is 0 Å². The fourth-order valence-corrected chi connectivity index (χ4v) is 1.26. The smallest absolute Gasteiger partial charge is 0.337 e. The van der Waals surface area contributed by atoms with E-state index in [1.165, 1.54) is 7.11 Å². The molecule has 1 aromatic carbocycles. The molecule has 1 unspecified atom stereocenters. The normalized spacial score (nSPS) is 11.4. The van der Waals surface area contributed by atoms with Gasteiger partial charge in [-0.2, -0.15) is 0 Å². The van der Waals surface area contributed by atoms with Crippen molar-refractivity contribution in [1.29, 1.82) is 0 Å². The molecular weight excluding hydrogens is 230 g/mol. The summed E-state index contributed by atoms with van der Waals surface area (Å²) >= 11 is 0. The van der Waals surface area contributed by atoms with Crippen molar-refractivity contribution in [3.8, 4) is 0 Å². The molecule has 16 heavy (non-hydrogen) atoms. The second-order valence-electron chi connectivity index (χ2n) is 3.34. The molecule has 0 saturated heterocycles. The fourth-order valence-electron chi connectivity index (χ4n) is 1.26. The molecule has 3 N–H and O–H groups in total. The van der Waals surface area contributed by atoms with Gasteiger partial charge in [0, 0.05) is 6.04 Å². The van der Waals surface area contributed by atoms with E-state index in [0.717, 1.165) is 5.56 Å². The van der Waals surface area contributed by atoms with E-state index in [1.807, 2.05) is 12.1 Å². The van der Waals surface area contributed by atoms with Crippen molar-refractivity contribution >= 4 is 18.4 Å².